The van der Waals surface area contributed by atoms with Crippen LogP contribution in [0, 0.1) is 5.92 Å². The molecule has 0 unspecified atom stereocenters. The zero-order valence-electron chi connectivity index (χ0n) is 11.7. The molecule has 1 N–H and O–H groups in total. The first-order valence-electron chi connectivity index (χ1n) is 7.11. The molecule has 1 saturated heterocycles. The Bertz CT molecular complexity index is 357. The summed E-state index contributed by atoms with van der Waals surface area (Å²) >= 11 is 0. The van der Waals surface area contributed by atoms with Gasteiger partial charge in [0.15, 0.2) is 0 Å². The van der Waals surface area contributed by atoms with Gasteiger partial charge in [-0.25, -0.2) is 0 Å². The third-order valence-electron chi connectivity index (χ3n) is 3.93. The predicted molar refractivity (Wildman–Crippen MR) is 75.5 cm³/mol. The van der Waals surface area contributed by atoms with Crippen LogP contribution in [0.15, 0.2) is 18.3 Å². The van der Waals surface area contributed by atoms with Crippen LogP contribution < -0.4 is 5.32 Å². The van der Waals surface area contributed by atoms with Gasteiger partial charge in [0.2, 0.25) is 0 Å². The van der Waals surface area contributed by atoms with E-state index in [1.165, 1.54) is 37.2 Å². The zero-order chi connectivity index (χ0) is 12.8. The van der Waals surface area contributed by atoms with E-state index < -0.39 is 0 Å². The molecule has 3 heteroatoms. The van der Waals surface area contributed by atoms with Crippen molar-refractivity contribution in [2.24, 2.45) is 5.92 Å². The Labute approximate surface area is 111 Å². The fourth-order valence-corrected chi connectivity index (χ4v) is 2.61. The largest absolute Gasteiger partial charge is 0.311 e. The molecule has 1 aromatic heterocycles. The van der Waals surface area contributed by atoms with Crippen molar-refractivity contribution < 1.29 is 0 Å². The lowest BCUT2D eigenvalue weighted by atomic mass is 9.97. The highest BCUT2D eigenvalue weighted by Gasteiger charge is 2.16. The van der Waals surface area contributed by atoms with Crippen molar-refractivity contribution >= 4 is 0 Å². The van der Waals surface area contributed by atoms with Crippen LogP contribution in [0.5, 0.6) is 0 Å². The first kappa shape index (κ1) is 13.5. The van der Waals surface area contributed by atoms with Gasteiger partial charge in [-0.05, 0) is 63.5 Å². The van der Waals surface area contributed by atoms with Crippen LogP contribution in [-0.2, 0) is 13.0 Å². The van der Waals surface area contributed by atoms with Crippen LogP contribution in [-0.4, -0.2) is 36.6 Å². The zero-order valence-corrected chi connectivity index (χ0v) is 11.7. The average molecular weight is 247 g/mol. The topological polar surface area (TPSA) is 28.2 Å². The highest BCUT2D eigenvalue weighted by molar-refractivity contribution is 5.19. The van der Waals surface area contributed by atoms with Gasteiger partial charge in [-0.1, -0.05) is 13.0 Å². The molecule has 0 aliphatic carbocycles. The summed E-state index contributed by atoms with van der Waals surface area (Å²) in [6.07, 6.45) is 5.61. The van der Waals surface area contributed by atoms with Gasteiger partial charge < -0.3 is 10.2 Å². The summed E-state index contributed by atoms with van der Waals surface area (Å²) in [5.41, 5.74) is 2.58. The Hall–Kier alpha value is -0.930. The maximum absolute atomic E-state index is 4.47. The Morgan fingerprint density at radius 1 is 1.39 bits per heavy atom. The summed E-state index contributed by atoms with van der Waals surface area (Å²) in [5, 5.41) is 3.58. The Morgan fingerprint density at radius 3 is 2.89 bits per heavy atom. The van der Waals surface area contributed by atoms with Crippen LogP contribution in [0.2, 0.25) is 0 Å². The fraction of sp³-hybridized carbons (Fsp3) is 0.667. The number of likely N-dealkylation sites (tertiary alicyclic amines) is 1. The number of pyridine rings is 1. The standard InChI is InChI=1S/C15H25N3/c1-3-14-5-4-8-17-15(14)12-16-11-13-6-9-18(2)10-7-13/h4-5,8,13,16H,3,6-7,9-12H2,1-2H3. The summed E-state index contributed by atoms with van der Waals surface area (Å²) in [6.45, 7) is 6.73. The van der Waals surface area contributed by atoms with E-state index in [1.54, 1.807) is 0 Å². The van der Waals surface area contributed by atoms with Crippen molar-refractivity contribution in [1.82, 2.24) is 15.2 Å². The maximum Gasteiger partial charge on any atom is 0.0573 e. The van der Waals surface area contributed by atoms with Crippen LogP contribution in [0.25, 0.3) is 0 Å². The lowest BCUT2D eigenvalue weighted by Gasteiger charge is -2.29. The molecule has 0 amide bonds. The Morgan fingerprint density at radius 2 is 2.17 bits per heavy atom. The van der Waals surface area contributed by atoms with Crippen molar-refractivity contribution in [2.45, 2.75) is 32.7 Å². The van der Waals surface area contributed by atoms with Gasteiger partial charge in [0.1, 0.15) is 0 Å². The van der Waals surface area contributed by atoms with Crippen LogP contribution in [0.3, 0.4) is 0 Å². The summed E-state index contributed by atoms with van der Waals surface area (Å²) in [5.74, 6) is 0.843. The molecule has 0 saturated carbocycles. The molecule has 2 heterocycles. The summed E-state index contributed by atoms with van der Waals surface area (Å²) < 4.78 is 0. The Kier molecular flexibility index (Phi) is 5.14. The molecule has 0 aromatic carbocycles. The van der Waals surface area contributed by atoms with Gasteiger partial charge in [0.05, 0.1) is 5.69 Å². The van der Waals surface area contributed by atoms with E-state index in [0.717, 1.165) is 25.4 Å². The lowest BCUT2D eigenvalue weighted by Crippen LogP contribution is -2.35. The van der Waals surface area contributed by atoms with Gasteiger partial charge in [-0.3, -0.25) is 4.98 Å². The van der Waals surface area contributed by atoms with Gasteiger partial charge in [-0.2, -0.15) is 0 Å². The minimum absolute atomic E-state index is 0.843. The van der Waals surface area contributed by atoms with Gasteiger partial charge >= 0.3 is 0 Å². The van der Waals surface area contributed by atoms with Crippen molar-refractivity contribution in [3.05, 3.63) is 29.6 Å². The highest BCUT2D eigenvalue weighted by Crippen LogP contribution is 2.15. The second-order valence-electron chi connectivity index (χ2n) is 5.34. The molecule has 1 fully saturated rings. The second-order valence-corrected chi connectivity index (χ2v) is 5.34. The predicted octanol–water partition coefficient (Wildman–Crippen LogP) is 2.08. The summed E-state index contributed by atoms with van der Waals surface area (Å²) in [7, 11) is 2.21. The van der Waals surface area contributed by atoms with Gasteiger partial charge in [0, 0.05) is 12.7 Å². The number of aryl methyl sites for hydroxylation is 1. The quantitative estimate of drug-likeness (QED) is 0.863. The number of hydrogen-bond donors (Lipinski definition) is 1. The second kappa shape index (κ2) is 6.86. The molecule has 0 bridgehead atoms. The molecular weight excluding hydrogens is 222 g/mol. The number of rotatable bonds is 5. The minimum atomic E-state index is 0.843. The fourth-order valence-electron chi connectivity index (χ4n) is 2.61. The molecule has 2 rings (SSSR count). The first-order valence-corrected chi connectivity index (χ1v) is 7.11. The lowest BCUT2D eigenvalue weighted by molar-refractivity contribution is 0.216. The van der Waals surface area contributed by atoms with Crippen molar-refractivity contribution in [3.63, 3.8) is 0 Å². The number of nitrogens with zero attached hydrogens (tertiary/aromatic N) is 2. The van der Waals surface area contributed by atoms with Crippen molar-refractivity contribution in [1.29, 1.82) is 0 Å². The molecule has 0 spiro atoms. The molecule has 1 aliphatic rings. The van der Waals surface area contributed by atoms with E-state index in [2.05, 4.69) is 35.2 Å². The number of nitrogens with one attached hydrogen (secondary N) is 1. The molecule has 3 nitrogen and oxygen atoms in total. The normalized spacial score (nSPS) is 18.1. The van der Waals surface area contributed by atoms with Crippen molar-refractivity contribution in [3.8, 4) is 0 Å². The van der Waals surface area contributed by atoms with E-state index >= 15 is 0 Å². The monoisotopic (exact) mass is 247 g/mol. The van der Waals surface area contributed by atoms with E-state index in [0.29, 0.717) is 0 Å². The minimum Gasteiger partial charge on any atom is -0.311 e. The molecule has 1 aromatic rings. The average Bonchev–Trinajstić information content (AvgIpc) is 2.41. The van der Waals surface area contributed by atoms with Crippen LogP contribution in [0.4, 0.5) is 0 Å². The van der Waals surface area contributed by atoms with Crippen LogP contribution >= 0.6 is 0 Å². The van der Waals surface area contributed by atoms with Gasteiger partial charge in [-0.15, -0.1) is 0 Å². The third kappa shape index (κ3) is 3.79. The summed E-state index contributed by atoms with van der Waals surface area (Å²) in [4.78, 5) is 6.89. The number of hydrogen-bond acceptors (Lipinski definition) is 3. The molecule has 0 atom stereocenters. The molecule has 0 radical (unpaired) electrons. The number of piperidine rings is 1. The van der Waals surface area contributed by atoms with Crippen LogP contribution in [0.1, 0.15) is 31.0 Å². The third-order valence-corrected chi connectivity index (χ3v) is 3.93. The van der Waals surface area contributed by atoms with Crippen molar-refractivity contribution in [2.75, 3.05) is 26.7 Å². The smallest absolute Gasteiger partial charge is 0.0573 e. The van der Waals surface area contributed by atoms with E-state index in [9.17, 15) is 0 Å². The molecule has 100 valence electrons. The van der Waals surface area contributed by atoms with E-state index in [1.807, 2.05) is 12.3 Å². The summed E-state index contributed by atoms with van der Waals surface area (Å²) in [6, 6.07) is 4.21. The van der Waals surface area contributed by atoms with E-state index in [-0.39, 0.29) is 0 Å². The number of aromatic nitrogens is 1. The molecule has 18 heavy (non-hydrogen) atoms. The maximum atomic E-state index is 4.47. The SMILES string of the molecule is CCc1cccnc1CNCC1CCN(C)CC1. The molecule has 1 aliphatic heterocycles. The van der Waals surface area contributed by atoms with Gasteiger partial charge in [0.25, 0.3) is 0 Å². The van der Waals surface area contributed by atoms with E-state index in [4.69, 9.17) is 0 Å². The highest BCUT2D eigenvalue weighted by atomic mass is 15.1. The molecular formula is C15H25N3. The Balaban J connectivity index is 1.75. The first-order chi connectivity index (χ1) is 8.79.